The minimum atomic E-state index is -3.56. The summed E-state index contributed by atoms with van der Waals surface area (Å²) in [6.07, 6.45) is 0. The summed E-state index contributed by atoms with van der Waals surface area (Å²) in [6.45, 7) is 0.518. The third-order valence-corrected chi connectivity index (χ3v) is 7.01. The molecule has 2 aliphatic heterocycles. The van der Waals surface area contributed by atoms with Crippen molar-refractivity contribution in [1.29, 1.82) is 0 Å². The van der Waals surface area contributed by atoms with Crippen LogP contribution >= 0.6 is 11.3 Å². The average Bonchev–Trinajstić information content (AvgIpc) is 3.32. The lowest BCUT2D eigenvalue weighted by atomic mass is 10.2. The fourth-order valence-corrected chi connectivity index (χ4v) is 5.51. The van der Waals surface area contributed by atoms with Gasteiger partial charge in [0.1, 0.15) is 5.25 Å². The van der Waals surface area contributed by atoms with Crippen LogP contribution in [0.1, 0.15) is 16.5 Å². The van der Waals surface area contributed by atoms with Crippen LogP contribution in [0.5, 0.6) is 11.5 Å². The van der Waals surface area contributed by atoms with E-state index in [4.69, 9.17) is 14.3 Å². The number of rotatable bonds is 5. The number of hydrogen-bond acceptors (Lipinski definition) is 7. The molecule has 2 aliphatic rings. The topological polar surface area (TPSA) is 77.1 Å². The lowest BCUT2D eigenvalue weighted by molar-refractivity contribution is -0.110. The molecule has 2 aromatic rings. The third-order valence-electron chi connectivity index (χ3n) is 4.33. The smallest absolute Gasteiger partial charge is 0.231 e. The number of ether oxygens (including phenoxy) is 2. The number of nitrogens with one attached hydrogen (secondary N) is 1. The van der Waals surface area contributed by atoms with Gasteiger partial charge in [-0.2, -0.15) is 5.06 Å². The van der Waals surface area contributed by atoms with E-state index in [0.717, 1.165) is 10.4 Å². The molecular weight excluding hydrogens is 364 g/mol. The molecule has 7 nitrogen and oxygen atoms in total. The molecule has 0 aliphatic carbocycles. The summed E-state index contributed by atoms with van der Waals surface area (Å²) in [5.74, 6) is 1.31. The molecule has 0 bridgehead atoms. The van der Waals surface area contributed by atoms with Crippen LogP contribution < -0.4 is 14.2 Å². The van der Waals surface area contributed by atoms with E-state index in [1.807, 2.05) is 23.6 Å². The molecule has 3 heterocycles. The Morgan fingerprint density at radius 3 is 2.92 bits per heavy atom. The zero-order valence-corrected chi connectivity index (χ0v) is 15.2. The highest BCUT2D eigenvalue weighted by Gasteiger charge is 2.43. The van der Waals surface area contributed by atoms with Gasteiger partial charge in [-0.25, -0.2) is 13.1 Å². The van der Waals surface area contributed by atoms with E-state index in [1.54, 1.807) is 24.2 Å². The molecule has 0 radical (unpaired) electrons. The van der Waals surface area contributed by atoms with E-state index in [-0.39, 0.29) is 26.0 Å². The van der Waals surface area contributed by atoms with Gasteiger partial charge in [-0.05, 0) is 29.1 Å². The monoisotopic (exact) mass is 382 g/mol. The zero-order chi connectivity index (χ0) is 17.4. The third kappa shape index (κ3) is 3.25. The van der Waals surface area contributed by atoms with Crippen molar-refractivity contribution in [3.63, 3.8) is 0 Å². The predicted molar refractivity (Wildman–Crippen MR) is 92.9 cm³/mol. The van der Waals surface area contributed by atoms with Gasteiger partial charge in [0.25, 0.3) is 0 Å². The molecular formula is C16H18N2O5S2. The van der Waals surface area contributed by atoms with Crippen LogP contribution in [0.2, 0.25) is 0 Å². The van der Waals surface area contributed by atoms with Crippen molar-refractivity contribution in [2.45, 2.75) is 17.8 Å². The van der Waals surface area contributed by atoms with Crippen molar-refractivity contribution in [3.8, 4) is 11.5 Å². The van der Waals surface area contributed by atoms with Gasteiger partial charge < -0.3 is 9.47 Å². The second kappa shape index (κ2) is 6.58. The maximum Gasteiger partial charge on any atom is 0.231 e. The number of fused-ring (bicyclic) bond motifs is 1. The van der Waals surface area contributed by atoms with E-state index in [0.29, 0.717) is 11.5 Å². The number of hydroxylamine groups is 2. The van der Waals surface area contributed by atoms with Gasteiger partial charge in [-0.15, -0.1) is 11.3 Å². The molecule has 4 rings (SSSR count). The van der Waals surface area contributed by atoms with Crippen LogP contribution in [0.25, 0.3) is 0 Å². The zero-order valence-electron chi connectivity index (χ0n) is 13.5. The first-order valence-corrected chi connectivity index (χ1v) is 10.2. The Hall–Kier alpha value is -1.65. The quantitative estimate of drug-likeness (QED) is 0.851. The molecule has 1 aromatic heterocycles. The molecule has 25 heavy (non-hydrogen) atoms. The van der Waals surface area contributed by atoms with Gasteiger partial charge in [-0.3, -0.25) is 4.84 Å². The van der Waals surface area contributed by atoms with Crippen LogP contribution in [0, 0.1) is 0 Å². The molecule has 1 saturated heterocycles. The first kappa shape index (κ1) is 16.8. The number of thiophene rings is 1. The summed E-state index contributed by atoms with van der Waals surface area (Å²) in [5, 5.41) is 2.90. The average molecular weight is 382 g/mol. The summed E-state index contributed by atoms with van der Waals surface area (Å²) in [6, 6.07) is 8.93. The van der Waals surface area contributed by atoms with Gasteiger partial charge >= 0.3 is 0 Å². The summed E-state index contributed by atoms with van der Waals surface area (Å²) < 4.78 is 38.9. The van der Waals surface area contributed by atoms with Crippen LogP contribution in [0.4, 0.5) is 0 Å². The lowest BCUT2D eigenvalue weighted by Gasteiger charge is -2.21. The van der Waals surface area contributed by atoms with Crippen molar-refractivity contribution in [2.75, 3.05) is 20.4 Å². The van der Waals surface area contributed by atoms with Crippen LogP contribution in [-0.4, -0.2) is 39.2 Å². The molecule has 1 fully saturated rings. The van der Waals surface area contributed by atoms with Gasteiger partial charge in [0, 0.05) is 18.5 Å². The Bertz CT molecular complexity index is 853. The standard InChI is InChI=1S/C16H18N2O5S2/c1-18-16(14-3-2-6-24-14)15(9-23-18)25(19,20)17-8-11-4-5-12-13(7-11)22-10-21-12/h2-7,15-17H,8-10H2,1H3. The Labute approximate surface area is 150 Å². The minimum Gasteiger partial charge on any atom is -0.454 e. The predicted octanol–water partition coefficient (Wildman–Crippen LogP) is 1.88. The SMILES string of the molecule is CN1OCC(S(=O)(=O)NCc2ccc3c(c2)OCO3)C1c1cccs1. The Morgan fingerprint density at radius 2 is 2.12 bits per heavy atom. The normalized spacial score (nSPS) is 23.2. The van der Waals surface area contributed by atoms with Crippen LogP contribution in [0.15, 0.2) is 35.7 Å². The number of nitrogens with zero attached hydrogens (tertiary/aromatic N) is 1. The number of hydrogen-bond donors (Lipinski definition) is 1. The molecule has 0 spiro atoms. The van der Waals surface area contributed by atoms with Gasteiger partial charge in [0.2, 0.25) is 16.8 Å². The number of sulfonamides is 1. The maximum atomic E-state index is 12.8. The van der Waals surface area contributed by atoms with E-state index in [1.165, 1.54) is 11.3 Å². The number of benzene rings is 1. The maximum absolute atomic E-state index is 12.8. The molecule has 0 amide bonds. The molecule has 134 valence electrons. The van der Waals surface area contributed by atoms with Crippen LogP contribution in [0.3, 0.4) is 0 Å². The Balaban J connectivity index is 1.49. The van der Waals surface area contributed by atoms with Gasteiger partial charge in [0.15, 0.2) is 11.5 Å². The minimum absolute atomic E-state index is 0.134. The molecule has 2 atom stereocenters. The fraction of sp³-hybridized carbons (Fsp3) is 0.375. The lowest BCUT2D eigenvalue weighted by Crippen LogP contribution is -2.38. The van der Waals surface area contributed by atoms with E-state index in [9.17, 15) is 8.42 Å². The highest BCUT2D eigenvalue weighted by molar-refractivity contribution is 7.90. The first-order valence-electron chi connectivity index (χ1n) is 7.81. The molecule has 2 unspecified atom stereocenters. The van der Waals surface area contributed by atoms with Gasteiger partial charge in [0.05, 0.1) is 12.6 Å². The summed E-state index contributed by atoms with van der Waals surface area (Å²) in [5.41, 5.74) is 0.813. The summed E-state index contributed by atoms with van der Waals surface area (Å²) in [7, 11) is -1.80. The van der Waals surface area contributed by atoms with Crippen LogP contribution in [-0.2, 0) is 21.4 Å². The second-order valence-electron chi connectivity index (χ2n) is 5.89. The molecule has 1 N–H and O–H groups in total. The van der Waals surface area contributed by atoms with Crippen molar-refractivity contribution in [1.82, 2.24) is 9.79 Å². The van der Waals surface area contributed by atoms with E-state index < -0.39 is 15.3 Å². The van der Waals surface area contributed by atoms with Crippen molar-refractivity contribution in [2.24, 2.45) is 0 Å². The van der Waals surface area contributed by atoms with E-state index >= 15 is 0 Å². The summed E-state index contributed by atoms with van der Waals surface area (Å²) in [4.78, 5) is 6.46. The summed E-state index contributed by atoms with van der Waals surface area (Å²) >= 11 is 1.53. The fourth-order valence-electron chi connectivity index (χ4n) is 3.02. The van der Waals surface area contributed by atoms with Gasteiger partial charge in [-0.1, -0.05) is 12.1 Å². The Kier molecular flexibility index (Phi) is 4.42. The van der Waals surface area contributed by atoms with Crippen molar-refractivity contribution >= 4 is 21.4 Å². The molecule has 9 heteroatoms. The van der Waals surface area contributed by atoms with E-state index in [2.05, 4.69) is 4.72 Å². The first-order chi connectivity index (χ1) is 12.0. The molecule has 0 saturated carbocycles. The highest BCUT2D eigenvalue weighted by atomic mass is 32.2. The highest BCUT2D eigenvalue weighted by Crippen LogP contribution is 2.36. The van der Waals surface area contributed by atoms with Crippen molar-refractivity contribution in [3.05, 3.63) is 46.2 Å². The van der Waals surface area contributed by atoms with Crippen molar-refractivity contribution < 1.29 is 22.7 Å². The second-order valence-corrected chi connectivity index (χ2v) is 8.86. The largest absolute Gasteiger partial charge is 0.454 e. The molecule has 1 aromatic carbocycles. The Morgan fingerprint density at radius 1 is 1.28 bits per heavy atom.